The smallest absolute Gasteiger partial charge is 0.315 e. The van der Waals surface area contributed by atoms with E-state index in [-0.39, 0.29) is 12.1 Å². The summed E-state index contributed by atoms with van der Waals surface area (Å²) in [5.74, 6) is 0.786. The van der Waals surface area contributed by atoms with E-state index in [1.807, 2.05) is 66.2 Å². The number of imidazole rings is 1. The number of nitrogens with zero attached hydrogens (tertiary/aromatic N) is 2. The first-order valence-electron chi connectivity index (χ1n) is 8.20. The van der Waals surface area contributed by atoms with Crippen LogP contribution >= 0.6 is 0 Å². The summed E-state index contributed by atoms with van der Waals surface area (Å²) in [6, 6.07) is 17.2. The van der Waals surface area contributed by atoms with Crippen LogP contribution < -0.4 is 10.6 Å². The monoisotopic (exact) mass is 338 g/mol. The third kappa shape index (κ3) is 3.80. The third-order valence-electron chi connectivity index (χ3n) is 4.08. The second kappa shape index (κ2) is 7.81. The van der Waals surface area contributed by atoms with Gasteiger partial charge in [0.05, 0.1) is 17.6 Å². The average Bonchev–Trinajstić information content (AvgIpc) is 2.97. The predicted molar refractivity (Wildman–Crippen MR) is 97.4 cm³/mol. The molecular formula is C19H22N4O2. The van der Waals surface area contributed by atoms with E-state index in [0.717, 1.165) is 22.4 Å². The molecule has 1 atom stereocenters. The van der Waals surface area contributed by atoms with Crippen LogP contribution in [0.2, 0.25) is 0 Å². The number of aromatic nitrogens is 2. The molecule has 130 valence electrons. The number of hydrogen-bond donors (Lipinski definition) is 2. The number of carbonyl (C=O) groups is 1. The van der Waals surface area contributed by atoms with E-state index in [4.69, 9.17) is 9.72 Å². The van der Waals surface area contributed by atoms with Crippen molar-refractivity contribution >= 4 is 17.1 Å². The standard InChI is InChI=1S/C19H22N4O2/c1-23-16-11-7-6-10-15(16)21-18(23)17(14-8-4-3-5-9-14)22-19(24)20-12-13-25-2/h3-11,17H,12-13H2,1-2H3,(H2,20,22,24)/t17-/m0/s1. The van der Waals surface area contributed by atoms with Crippen molar-refractivity contribution in [1.29, 1.82) is 0 Å². The minimum Gasteiger partial charge on any atom is -0.383 e. The summed E-state index contributed by atoms with van der Waals surface area (Å²) in [5.41, 5.74) is 2.91. The second-order valence-corrected chi connectivity index (χ2v) is 5.75. The van der Waals surface area contributed by atoms with Crippen molar-refractivity contribution in [2.45, 2.75) is 6.04 Å². The van der Waals surface area contributed by atoms with E-state index in [9.17, 15) is 4.79 Å². The molecule has 0 unspecified atom stereocenters. The van der Waals surface area contributed by atoms with Gasteiger partial charge in [0.15, 0.2) is 0 Å². The van der Waals surface area contributed by atoms with Crippen molar-refractivity contribution in [3.63, 3.8) is 0 Å². The fourth-order valence-electron chi connectivity index (χ4n) is 2.81. The Kier molecular flexibility index (Phi) is 5.30. The van der Waals surface area contributed by atoms with Gasteiger partial charge in [-0.25, -0.2) is 9.78 Å². The van der Waals surface area contributed by atoms with Crippen molar-refractivity contribution in [2.75, 3.05) is 20.3 Å². The highest BCUT2D eigenvalue weighted by atomic mass is 16.5. The van der Waals surface area contributed by atoms with Crippen molar-refractivity contribution in [1.82, 2.24) is 20.2 Å². The molecule has 0 aliphatic rings. The van der Waals surface area contributed by atoms with Crippen molar-refractivity contribution in [3.05, 3.63) is 66.0 Å². The molecule has 6 nitrogen and oxygen atoms in total. The predicted octanol–water partition coefficient (Wildman–Crippen LogP) is 2.61. The molecular weight excluding hydrogens is 316 g/mol. The molecule has 3 rings (SSSR count). The summed E-state index contributed by atoms with van der Waals surface area (Å²) in [7, 11) is 3.57. The van der Waals surface area contributed by atoms with Crippen LogP contribution in [-0.4, -0.2) is 35.8 Å². The Balaban J connectivity index is 1.93. The maximum absolute atomic E-state index is 12.3. The Bertz CT molecular complexity index is 845. The molecule has 0 fully saturated rings. The molecule has 3 aromatic rings. The molecule has 0 aliphatic heterocycles. The molecule has 2 amide bonds. The number of rotatable bonds is 6. The summed E-state index contributed by atoms with van der Waals surface area (Å²) >= 11 is 0. The fraction of sp³-hybridized carbons (Fsp3) is 0.263. The van der Waals surface area contributed by atoms with Crippen molar-refractivity contribution in [2.24, 2.45) is 7.05 Å². The number of carbonyl (C=O) groups excluding carboxylic acids is 1. The Morgan fingerprint density at radius 1 is 1.16 bits per heavy atom. The van der Waals surface area contributed by atoms with E-state index in [0.29, 0.717) is 13.2 Å². The van der Waals surface area contributed by atoms with Crippen LogP contribution in [0.15, 0.2) is 54.6 Å². The summed E-state index contributed by atoms with van der Waals surface area (Å²) in [6.45, 7) is 0.919. The number of urea groups is 1. The summed E-state index contributed by atoms with van der Waals surface area (Å²) in [6.07, 6.45) is 0. The first-order chi connectivity index (χ1) is 12.2. The number of amides is 2. The quantitative estimate of drug-likeness (QED) is 0.679. The topological polar surface area (TPSA) is 68.2 Å². The molecule has 1 heterocycles. The van der Waals surface area contributed by atoms with E-state index >= 15 is 0 Å². The molecule has 1 aromatic heterocycles. The summed E-state index contributed by atoms with van der Waals surface area (Å²) < 4.78 is 6.98. The molecule has 0 aliphatic carbocycles. The van der Waals surface area contributed by atoms with E-state index in [2.05, 4.69) is 10.6 Å². The zero-order valence-corrected chi connectivity index (χ0v) is 14.4. The fourth-order valence-corrected chi connectivity index (χ4v) is 2.81. The first-order valence-corrected chi connectivity index (χ1v) is 8.20. The molecule has 2 aromatic carbocycles. The first kappa shape index (κ1) is 17.0. The summed E-state index contributed by atoms with van der Waals surface area (Å²) in [5, 5.41) is 5.82. The highest BCUT2D eigenvalue weighted by molar-refractivity contribution is 5.77. The Morgan fingerprint density at radius 3 is 2.60 bits per heavy atom. The molecule has 25 heavy (non-hydrogen) atoms. The Labute approximate surface area is 146 Å². The molecule has 0 saturated carbocycles. The van der Waals surface area contributed by atoms with Gasteiger partial charge in [0, 0.05) is 20.7 Å². The molecule has 2 N–H and O–H groups in total. The number of fused-ring (bicyclic) bond motifs is 1. The zero-order chi connectivity index (χ0) is 17.6. The maximum Gasteiger partial charge on any atom is 0.315 e. The number of hydrogen-bond acceptors (Lipinski definition) is 3. The lowest BCUT2D eigenvalue weighted by Gasteiger charge is -2.19. The van der Waals surface area contributed by atoms with Crippen LogP contribution in [0.4, 0.5) is 4.79 Å². The highest BCUT2D eigenvalue weighted by Crippen LogP contribution is 2.24. The largest absolute Gasteiger partial charge is 0.383 e. The van der Waals surface area contributed by atoms with Gasteiger partial charge in [0.1, 0.15) is 11.9 Å². The lowest BCUT2D eigenvalue weighted by Crippen LogP contribution is -2.40. The zero-order valence-electron chi connectivity index (χ0n) is 14.4. The van der Waals surface area contributed by atoms with Gasteiger partial charge in [0.2, 0.25) is 0 Å². The number of para-hydroxylation sites is 2. The normalized spacial score (nSPS) is 12.1. The number of aryl methyl sites for hydroxylation is 1. The van der Waals surface area contributed by atoms with Crippen LogP contribution in [0.25, 0.3) is 11.0 Å². The van der Waals surface area contributed by atoms with E-state index in [1.54, 1.807) is 7.11 Å². The minimum absolute atomic E-state index is 0.252. The molecule has 6 heteroatoms. The van der Waals surface area contributed by atoms with Gasteiger partial charge in [-0.1, -0.05) is 42.5 Å². The second-order valence-electron chi connectivity index (χ2n) is 5.75. The van der Waals surface area contributed by atoms with Crippen LogP contribution in [0.3, 0.4) is 0 Å². The lowest BCUT2D eigenvalue weighted by atomic mass is 10.1. The van der Waals surface area contributed by atoms with Gasteiger partial charge in [0.25, 0.3) is 0 Å². The Morgan fingerprint density at radius 2 is 1.88 bits per heavy atom. The summed E-state index contributed by atoms with van der Waals surface area (Å²) in [4.78, 5) is 17.0. The van der Waals surface area contributed by atoms with Gasteiger partial charge in [-0.3, -0.25) is 0 Å². The molecule has 0 bridgehead atoms. The number of nitrogens with one attached hydrogen (secondary N) is 2. The van der Waals surface area contributed by atoms with Gasteiger partial charge < -0.3 is 19.9 Å². The van der Waals surface area contributed by atoms with Gasteiger partial charge in [-0.2, -0.15) is 0 Å². The number of methoxy groups -OCH3 is 1. The van der Waals surface area contributed by atoms with E-state index < -0.39 is 0 Å². The molecule has 0 radical (unpaired) electrons. The van der Waals surface area contributed by atoms with Crippen molar-refractivity contribution < 1.29 is 9.53 Å². The average molecular weight is 338 g/mol. The van der Waals surface area contributed by atoms with Crippen LogP contribution in [0.1, 0.15) is 17.4 Å². The number of ether oxygens (including phenoxy) is 1. The van der Waals surface area contributed by atoms with Gasteiger partial charge in [-0.15, -0.1) is 0 Å². The SMILES string of the molecule is COCCNC(=O)N[C@@H](c1ccccc1)c1nc2ccccc2n1C. The maximum atomic E-state index is 12.3. The third-order valence-corrected chi connectivity index (χ3v) is 4.08. The van der Waals surface area contributed by atoms with Crippen molar-refractivity contribution in [3.8, 4) is 0 Å². The van der Waals surface area contributed by atoms with Crippen LogP contribution in [0, 0.1) is 0 Å². The van der Waals surface area contributed by atoms with Gasteiger partial charge in [-0.05, 0) is 17.7 Å². The van der Waals surface area contributed by atoms with Gasteiger partial charge >= 0.3 is 6.03 Å². The van der Waals surface area contributed by atoms with Crippen LogP contribution in [-0.2, 0) is 11.8 Å². The highest BCUT2D eigenvalue weighted by Gasteiger charge is 2.22. The van der Waals surface area contributed by atoms with Crippen LogP contribution in [0.5, 0.6) is 0 Å². The lowest BCUT2D eigenvalue weighted by molar-refractivity contribution is 0.195. The Hall–Kier alpha value is -2.86. The van der Waals surface area contributed by atoms with E-state index in [1.165, 1.54) is 0 Å². The molecule has 0 spiro atoms. The number of benzene rings is 2. The minimum atomic E-state index is -0.346. The molecule has 0 saturated heterocycles.